The van der Waals surface area contributed by atoms with E-state index in [0.29, 0.717) is 12.5 Å². The zero-order valence-corrected chi connectivity index (χ0v) is 14.0. The highest BCUT2D eigenvalue weighted by Gasteiger charge is 2.46. The number of aromatic nitrogens is 3. The summed E-state index contributed by atoms with van der Waals surface area (Å²) in [6.07, 6.45) is 5.37. The van der Waals surface area contributed by atoms with E-state index in [1.807, 2.05) is 42.2 Å². The van der Waals surface area contributed by atoms with E-state index < -0.39 is 0 Å². The second-order valence-corrected chi connectivity index (χ2v) is 6.81. The van der Waals surface area contributed by atoms with Gasteiger partial charge in [-0.05, 0) is 35.6 Å². The number of rotatable bonds is 3. The van der Waals surface area contributed by atoms with Crippen LogP contribution >= 0.6 is 0 Å². The molecule has 6 nitrogen and oxygen atoms in total. The van der Waals surface area contributed by atoms with Gasteiger partial charge >= 0.3 is 0 Å². The normalized spacial score (nSPS) is 22.0. The molecule has 2 aliphatic rings. The second kappa shape index (κ2) is 5.85. The maximum absolute atomic E-state index is 12.8. The minimum atomic E-state index is 0.110. The van der Waals surface area contributed by atoms with Crippen molar-refractivity contribution in [2.24, 2.45) is 5.92 Å². The molecule has 1 aliphatic heterocycles. The first-order valence-corrected chi connectivity index (χ1v) is 8.35. The summed E-state index contributed by atoms with van der Waals surface area (Å²) in [6.45, 7) is 1.37. The minimum absolute atomic E-state index is 0.110. The van der Waals surface area contributed by atoms with Crippen LogP contribution in [0.25, 0.3) is 0 Å². The maximum Gasteiger partial charge on any atom is 0.226 e. The Morgan fingerprint density at radius 1 is 1.33 bits per heavy atom. The van der Waals surface area contributed by atoms with Crippen molar-refractivity contribution in [2.45, 2.75) is 25.3 Å². The lowest BCUT2D eigenvalue weighted by atomic mass is 10.0. The van der Waals surface area contributed by atoms with Gasteiger partial charge in [0.25, 0.3) is 0 Å². The fourth-order valence-electron chi connectivity index (χ4n) is 3.39. The molecule has 2 aromatic rings. The average Bonchev–Trinajstić information content (AvgIpc) is 3.41. The Labute approximate surface area is 141 Å². The smallest absolute Gasteiger partial charge is 0.226 e. The van der Waals surface area contributed by atoms with Gasteiger partial charge in [0, 0.05) is 51.9 Å². The molecule has 124 valence electrons. The van der Waals surface area contributed by atoms with Gasteiger partial charge in [-0.2, -0.15) is 5.10 Å². The monoisotopic (exact) mass is 323 g/mol. The summed E-state index contributed by atoms with van der Waals surface area (Å²) in [7, 11) is 3.90. The van der Waals surface area contributed by atoms with Crippen LogP contribution in [0.4, 0.5) is 5.82 Å². The zero-order valence-electron chi connectivity index (χ0n) is 14.0. The van der Waals surface area contributed by atoms with Crippen LogP contribution in [0.3, 0.4) is 0 Å². The third-order valence-electron chi connectivity index (χ3n) is 4.92. The first kappa shape index (κ1) is 15.1. The standard InChI is InChI=1S/C18H21N5O/c1-22(2)17-8-13-11-23(7-5-16(13)20-21-17)18(24)15-9-14(15)12-4-3-6-19-10-12/h3-4,6,8,10,14-15H,5,7,9,11H2,1-2H3/t14-,15-/m1/s1. The second-order valence-electron chi connectivity index (χ2n) is 6.81. The maximum atomic E-state index is 12.8. The number of carbonyl (C=O) groups excluding carboxylic acids is 1. The minimum Gasteiger partial charge on any atom is -0.361 e. The lowest BCUT2D eigenvalue weighted by Crippen LogP contribution is -2.37. The summed E-state index contributed by atoms with van der Waals surface area (Å²) in [5.74, 6) is 1.54. The highest BCUT2D eigenvalue weighted by molar-refractivity contribution is 5.83. The topological polar surface area (TPSA) is 62.2 Å². The van der Waals surface area contributed by atoms with Gasteiger partial charge in [-0.1, -0.05) is 6.07 Å². The van der Waals surface area contributed by atoms with Crippen molar-refractivity contribution in [3.05, 3.63) is 47.4 Å². The van der Waals surface area contributed by atoms with E-state index in [1.165, 1.54) is 5.56 Å². The summed E-state index contributed by atoms with van der Waals surface area (Å²) in [5, 5.41) is 8.55. The zero-order chi connectivity index (χ0) is 16.7. The van der Waals surface area contributed by atoms with Crippen LogP contribution in [0, 0.1) is 5.92 Å². The van der Waals surface area contributed by atoms with Crippen LogP contribution in [0.2, 0.25) is 0 Å². The van der Waals surface area contributed by atoms with Gasteiger partial charge in [0.15, 0.2) is 5.82 Å². The molecule has 0 aromatic carbocycles. The van der Waals surface area contributed by atoms with E-state index in [4.69, 9.17) is 0 Å². The van der Waals surface area contributed by atoms with Crippen LogP contribution in [-0.2, 0) is 17.8 Å². The molecular formula is C18H21N5O. The van der Waals surface area contributed by atoms with Gasteiger partial charge in [-0.3, -0.25) is 9.78 Å². The number of carbonyl (C=O) groups is 1. The van der Waals surface area contributed by atoms with Crippen molar-refractivity contribution in [1.29, 1.82) is 0 Å². The fourth-order valence-corrected chi connectivity index (χ4v) is 3.39. The molecule has 1 amide bonds. The van der Waals surface area contributed by atoms with Crippen LogP contribution in [0.5, 0.6) is 0 Å². The molecule has 4 rings (SSSR count). The van der Waals surface area contributed by atoms with E-state index in [-0.39, 0.29) is 11.8 Å². The number of hydrogen-bond donors (Lipinski definition) is 0. The number of anilines is 1. The highest BCUT2D eigenvalue weighted by Crippen LogP contribution is 2.48. The predicted octanol–water partition coefficient (Wildman–Crippen LogP) is 1.63. The lowest BCUT2D eigenvalue weighted by molar-refractivity contribution is -0.133. The molecule has 0 saturated heterocycles. The SMILES string of the molecule is CN(C)c1cc2c(nn1)CCN(C(=O)[C@@H]1C[C@@H]1c1cccnc1)C2. The molecule has 1 fully saturated rings. The van der Waals surface area contributed by atoms with E-state index in [9.17, 15) is 4.79 Å². The van der Waals surface area contributed by atoms with Gasteiger partial charge in [0.2, 0.25) is 5.91 Å². The molecule has 1 saturated carbocycles. The van der Waals surface area contributed by atoms with Crippen molar-refractivity contribution in [2.75, 3.05) is 25.5 Å². The largest absolute Gasteiger partial charge is 0.361 e. The molecule has 3 heterocycles. The summed E-state index contributed by atoms with van der Waals surface area (Å²) in [6, 6.07) is 6.05. The Kier molecular flexibility index (Phi) is 3.67. The van der Waals surface area contributed by atoms with Crippen LogP contribution in [0.1, 0.15) is 29.2 Å². The molecule has 0 N–H and O–H groups in total. The van der Waals surface area contributed by atoms with E-state index >= 15 is 0 Å². The predicted molar refractivity (Wildman–Crippen MR) is 90.6 cm³/mol. The molecule has 1 aliphatic carbocycles. The number of hydrogen-bond acceptors (Lipinski definition) is 5. The molecule has 6 heteroatoms. The van der Waals surface area contributed by atoms with Gasteiger partial charge in [-0.25, -0.2) is 0 Å². The Morgan fingerprint density at radius 2 is 2.21 bits per heavy atom. The van der Waals surface area contributed by atoms with Crippen molar-refractivity contribution in [1.82, 2.24) is 20.1 Å². The summed E-state index contributed by atoms with van der Waals surface area (Å²) < 4.78 is 0. The fraction of sp³-hybridized carbons (Fsp3) is 0.444. The Hall–Kier alpha value is -2.50. The van der Waals surface area contributed by atoms with Crippen molar-refractivity contribution >= 4 is 11.7 Å². The summed E-state index contributed by atoms with van der Waals surface area (Å²) in [4.78, 5) is 20.9. The van der Waals surface area contributed by atoms with Crippen molar-refractivity contribution in [3.8, 4) is 0 Å². The highest BCUT2D eigenvalue weighted by atomic mass is 16.2. The quantitative estimate of drug-likeness (QED) is 0.859. The Morgan fingerprint density at radius 3 is 2.96 bits per heavy atom. The number of amides is 1. The van der Waals surface area contributed by atoms with E-state index in [0.717, 1.165) is 36.5 Å². The van der Waals surface area contributed by atoms with E-state index in [1.54, 1.807) is 6.20 Å². The summed E-state index contributed by atoms with van der Waals surface area (Å²) >= 11 is 0. The molecular weight excluding hydrogens is 302 g/mol. The van der Waals surface area contributed by atoms with Crippen LogP contribution in [0.15, 0.2) is 30.6 Å². The van der Waals surface area contributed by atoms with Crippen LogP contribution < -0.4 is 4.90 Å². The van der Waals surface area contributed by atoms with Gasteiger partial charge in [-0.15, -0.1) is 5.10 Å². The average molecular weight is 323 g/mol. The first-order valence-electron chi connectivity index (χ1n) is 8.35. The molecule has 2 aromatic heterocycles. The van der Waals surface area contributed by atoms with Crippen molar-refractivity contribution in [3.63, 3.8) is 0 Å². The summed E-state index contributed by atoms with van der Waals surface area (Å²) in [5.41, 5.74) is 3.31. The van der Waals surface area contributed by atoms with Gasteiger partial charge < -0.3 is 9.80 Å². The van der Waals surface area contributed by atoms with Gasteiger partial charge in [0.1, 0.15) is 0 Å². The number of fused-ring (bicyclic) bond motifs is 1. The molecule has 0 bridgehead atoms. The Balaban J connectivity index is 1.47. The molecule has 0 radical (unpaired) electrons. The van der Waals surface area contributed by atoms with Crippen molar-refractivity contribution < 1.29 is 4.79 Å². The molecule has 0 spiro atoms. The molecule has 24 heavy (non-hydrogen) atoms. The van der Waals surface area contributed by atoms with Gasteiger partial charge in [0.05, 0.1) is 5.69 Å². The lowest BCUT2D eigenvalue weighted by Gasteiger charge is -2.29. The third kappa shape index (κ3) is 2.72. The van der Waals surface area contributed by atoms with E-state index in [2.05, 4.69) is 21.2 Å². The molecule has 2 atom stereocenters. The Bertz CT molecular complexity index is 761. The number of pyridine rings is 1. The molecule has 0 unspecified atom stereocenters. The third-order valence-corrected chi connectivity index (χ3v) is 4.92. The first-order chi connectivity index (χ1) is 11.6. The van der Waals surface area contributed by atoms with Crippen LogP contribution in [-0.4, -0.2) is 46.6 Å². The number of nitrogens with zero attached hydrogens (tertiary/aromatic N) is 5.